The number of hydrogen-bond acceptors (Lipinski definition) is 2. The first-order valence-corrected chi connectivity index (χ1v) is 5.65. The molecule has 0 amide bonds. The second kappa shape index (κ2) is 3.91. The minimum Gasteiger partial charge on any atom is -0.391 e. The molecule has 0 aliphatic carbocycles. The summed E-state index contributed by atoms with van der Waals surface area (Å²) < 4.78 is 1.11. The number of β-amino-alcohol motifs (C(OH)–C–C–N with tert-alkyl or cyclic N) is 1. The second-order valence-electron chi connectivity index (χ2n) is 3.82. The van der Waals surface area contributed by atoms with Crippen molar-refractivity contribution in [2.75, 3.05) is 18.0 Å². The molecule has 1 fully saturated rings. The Labute approximate surface area is 92.7 Å². The first kappa shape index (κ1) is 9.99. The molecule has 1 saturated heterocycles. The Morgan fingerprint density at radius 3 is 2.86 bits per heavy atom. The van der Waals surface area contributed by atoms with Crippen molar-refractivity contribution in [3.05, 3.63) is 28.2 Å². The van der Waals surface area contributed by atoms with Crippen LogP contribution in [0, 0.1) is 6.92 Å². The fourth-order valence-corrected chi connectivity index (χ4v) is 2.41. The molecule has 1 heterocycles. The molecule has 1 atom stereocenters. The molecule has 1 aliphatic heterocycles. The van der Waals surface area contributed by atoms with Crippen molar-refractivity contribution < 1.29 is 5.11 Å². The summed E-state index contributed by atoms with van der Waals surface area (Å²) in [5.74, 6) is 0. The molecule has 1 unspecified atom stereocenters. The van der Waals surface area contributed by atoms with Crippen molar-refractivity contribution in [1.29, 1.82) is 0 Å². The van der Waals surface area contributed by atoms with Crippen molar-refractivity contribution in [2.24, 2.45) is 0 Å². The van der Waals surface area contributed by atoms with Crippen molar-refractivity contribution in [3.63, 3.8) is 0 Å². The SMILES string of the molecule is Cc1cc(Br)ccc1N1CCC(O)C1. The Balaban J connectivity index is 2.24. The Kier molecular flexibility index (Phi) is 2.79. The topological polar surface area (TPSA) is 23.5 Å². The van der Waals surface area contributed by atoms with Gasteiger partial charge in [0.2, 0.25) is 0 Å². The maximum absolute atomic E-state index is 9.46. The van der Waals surface area contributed by atoms with Gasteiger partial charge < -0.3 is 10.0 Å². The van der Waals surface area contributed by atoms with Crippen molar-refractivity contribution >= 4 is 21.6 Å². The van der Waals surface area contributed by atoms with Gasteiger partial charge in [-0.1, -0.05) is 15.9 Å². The van der Waals surface area contributed by atoms with Gasteiger partial charge in [-0.2, -0.15) is 0 Å². The summed E-state index contributed by atoms with van der Waals surface area (Å²) >= 11 is 3.45. The van der Waals surface area contributed by atoms with E-state index in [0.717, 1.165) is 24.0 Å². The molecule has 2 nitrogen and oxygen atoms in total. The van der Waals surface area contributed by atoms with E-state index in [9.17, 15) is 5.11 Å². The minimum absolute atomic E-state index is 0.155. The Bertz CT molecular complexity index is 340. The molecular formula is C11H14BrNO. The Morgan fingerprint density at radius 2 is 2.29 bits per heavy atom. The van der Waals surface area contributed by atoms with E-state index in [1.165, 1.54) is 11.3 Å². The predicted octanol–water partition coefficient (Wildman–Crippen LogP) is 2.33. The van der Waals surface area contributed by atoms with Crippen LogP contribution in [0.15, 0.2) is 22.7 Å². The van der Waals surface area contributed by atoms with Crippen LogP contribution in [-0.4, -0.2) is 24.3 Å². The summed E-state index contributed by atoms with van der Waals surface area (Å²) in [4.78, 5) is 2.24. The van der Waals surface area contributed by atoms with Gasteiger partial charge in [0.1, 0.15) is 0 Å². The number of aliphatic hydroxyl groups excluding tert-OH is 1. The van der Waals surface area contributed by atoms with Crippen LogP contribution < -0.4 is 4.90 Å². The van der Waals surface area contributed by atoms with Crippen LogP contribution in [0.3, 0.4) is 0 Å². The zero-order valence-electron chi connectivity index (χ0n) is 8.20. The molecule has 2 rings (SSSR count). The Hall–Kier alpha value is -0.540. The number of anilines is 1. The summed E-state index contributed by atoms with van der Waals surface area (Å²) in [5, 5.41) is 9.46. The number of aliphatic hydroxyl groups is 1. The smallest absolute Gasteiger partial charge is 0.0731 e. The standard InChI is InChI=1S/C11H14BrNO/c1-8-6-9(12)2-3-11(8)13-5-4-10(14)7-13/h2-3,6,10,14H,4-5,7H2,1H3. The molecule has 0 saturated carbocycles. The van der Waals surface area contributed by atoms with Gasteiger partial charge in [-0.05, 0) is 37.1 Å². The lowest BCUT2D eigenvalue weighted by Crippen LogP contribution is -2.21. The van der Waals surface area contributed by atoms with Gasteiger partial charge in [0, 0.05) is 23.2 Å². The van der Waals surface area contributed by atoms with E-state index in [1.54, 1.807) is 0 Å². The van der Waals surface area contributed by atoms with Crippen LogP contribution >= 0.6 is 15.9 Å². The lowest BCUT2D eigenvalue weighted by atomic mass is 10.2. The minimum atomic E-state index is -0.155. The van der Waals surface area contributed by atoms with Crippen molar-refractivity contribution in [1.82, 2.24) is 0 Å². The summed E-state index contributed by atoms with van der Waals surface area (Å²) in [6, 6.07) is 6.27. The first-order chi connectivity index (χ1) is 6.66. The summed E-state index contributed by atoms with van der Waals surface area (Å²) in [7, 11) is 0. The van der Waals surface area contributed by atoms with E-state index in [2.05, 4.69) is 39.9 Å². The third kappa shape index (κ3) is 1.93. The van der Waals surface area contributed by atoms with Crippen LogP contribution in [0.5, 0.6) is 0 Å². The first-order valence-electron chi connectivity index (χ1n) is 4.86. The van der Waals surface area contributed by atoms with Crippen LogP contribution in [-0.2, 0) is 0 Å². The highest BCUT2D eigenvalue weighted by Crippen LogP contribution is 2.26. The largest absolute Gasteiger partial charge is 0.391 e. The average Bonchev–Trinajstić information content (AvgIpc) is 2.51. The second-order valence-corrected chi connectivity index (χ2v) is 4.73. The lowest BCUT2D eigenvalue weighted by molar-refractivity contribution is 0.198. The average molecular weight is 256 g/mol. The molecule has 1 aliphatic rings. The molecule has 1 aromatic rings. The quantitative estimate of drug-likeness (QED) is 0.833. The van der Waals surface area contributed by atoms with Gasteiger partial charge in [0.05, 0.1) is 6.10 Å². The van der Waals surface area contributed by atoms with Crippen molar-refractivity contribution in [3.8, 4) is 0 Å². The van der Waals surface area contributed by atoms with Crippen LogP contribution in [0.1, 0.15) is 12.0 Å². The molecule has 0 bridgehead atoms. The molecule has 0 radical (unpaired) electrons. The van der Waals surface area contributed by atoms with Gasteiger partial charge in [-0.15, -0.1) is 0 Å². The van der Waals surface area contributed by atoms with E-state index in [0.29, 0.717) is 0 Å². The third-order valence-electron chi connectivity index (χ3n) is 2.66. The van der Waals surface area contributed by atoms with Gasteiger partial charge in [0.15, 0.2) is 0 Å². The zero-order valence-corrected chi connectivity index (χ0v) is 9.79. The monoisotopic (exact) mass is 255 g/mol. The number of aryl methyl sites for hydroxylation is 1. The number of nitrogens with zero attached hydrogens (tertiary/aromatic N) is 1. The number of rotatable bonds is 1. The highest BCUT2D eigenvalue weighted by atomic mass is 79.9. The van der Waals surface area contributed by atoms with Crippen molar-refractivity contribution in [2.45, 2.75) is 19.4 Å². The molecule has 0 aromatic heterocycles. The van der Waals surface area contributed by atoms with Gasteiger partial charge >= 0.3 is 0 Å². The lowest BCUT2D eigenvalue weighted by Gasteiger charge is -2.20. The highest BCUT2D eigenvalue weighted by molar-refractivity contribution is 9.10. The van der Waals surface area contributed by atoms with Gasteiger partial charge in [-0.3, -0.25) is 0 Å². The number of halogens is 1. The predicted molar refractivity (Wildman–Crippen MR) is 61.7 cm³/mol. The molecule has 1 N–H and O–H groups in total. The van der Waals surface area contributed by atoms with Crippen LogP contribution in [0.4, 0.5) is 5.69 Å². The van der Waals surface area contributed by atoms with E-state index >= 15 is 0 Å². The summed E-state index contributed by atoms with van der Waals surface area (Å²) in [5.41, 5.74) is 2.50. The number of benzene rings is 1. The van der Waals surface area contributed by atoms with Crippen LogP contribution in [0.25, 0.3) is 0 Å². The van der Waals surface area contributed by atoms with Crippen LogP contribution in [0.2, 0.25) is 0 Å². The fourth-order valence-electron chi connectivity index (χ4n) is 1.93. The normalized spacial score (nSPS) is 21.6. The fraction of sp³-hybridized carbons (Fsp3) is 0.455. The number of hydrogen-bond donors (Lipinski definition) is 1. The molecule has 0 spiro atoms. The maximum atomic E-state index is 9.46. The van der Waals surface area contributed by atoms with E-state index < -0.39 is 0 Å². The molecular weight excluding hydrogens is 242 g/mol. The molecule has 1 aromatic carbocycles. The molecule has 76 valence electrons. The van der Waals surface area contributed by atoms with E-state index in [1.807, 2.05) is 6.07 Å². The zero-order chi connectivity index (χ0) is 10.1. The Morgan fingerprint density at radius 1 is 1.50 bits per heavy atom. The maximum Gasteiger partial charge on any atom is 0.0731 e. The van der Waals surface area contributed by atoms with Gasteiger partial charge in [-0.25, -0.2) is 0 Å². The summed E-state index contributed by atoms with van der Waals surface area (Å²) in [6.45, 7) is 3.83. The highest BCUT2D eigenvalue weighted by Gasteiger charge is 2.21. The summed E-state index contributed by atoms with van der Waals surface area (Å²) in [6.07, 6.45) is 0.730. The third-order valence-corrected chi connectivity index (χ3v) is 3.16. The van der Waals surface area contributed by atoms with E-state index in [-0.39, 0.29) is 6.10 Å². The van der Waals surface area contributed by atoms with Gasteiger partial charge in [0.25, 0.3) is 0 Å². The molecule has 14 heavy (non-hydrogen) atoms. The molecule has 3 heteroatoms. The van der Waals surface area contributed by atoms with E-state index in [4.69, 9.17) is 0 Å².